The summed E-state index contributed by atoms with van der Waals surface area (Å²) in [4.78, 5) is 13.4. The first-order valence-corrected chi connectivity index (χ1v) is 6.94. The van der Waals surface area contributed by atoms with Gasteiger partial charge in [-0.05, 0) is 17.0 Å². The van der Waals surface area contributed by atoms with Crippen LogP contribution in [0, 0.1) is 0 Å². The van der Waals surface area contributed by atoms with E-state index in [1.54, 1.807) is 11.0 Å². The van der Waals surface area contributed by atoms with Gasteiger partial charge in [0.25, 0.3) is 0 Å². The topological polar surface area (TPSA) is 46.3 Å². The van der Waals surface area contributed by atoms with Gasteiger partial charge in [-0.15, -0.1) is 22.9 Å². The molecule has 0 atom stereocenters. The lowest BCUT2D eigenvalue weighted by molar-refractivity contribution is -0.129. The third-order valence-corrected chi connectivity index (χ3v) is 3.67. The van der Waals surface area contributed by atoms with Crippen molar-refractivity contribution in [3.63, 3.8) is 0 Å². The van der Waals surface area contributed by atoms with Crippen molar-refractivity contribution < 1.29 is 9.32 Å². The molecule has 0 spiro atoms. The van der Waals surface area contributed by atoms with Gasteiger partial charge in [0.05, 0.1) is 10.9 Å². The van der Waals surface area contributed by atoms with Crippen molar-refractivity contribution in [3.05, 3.63) is 39.4 Å². The lowest BCUT2D eigenvalue weighted by Crippen LogP contribution is -2.31. The Morgan fingerprint density at radius 2 is 2.33 bits per heavy atom. The second-order valence-electron chi connectivity index (χ2n) is 3.63. The van der Waals surface area contributed by atoms with Gasteiger partial charge in [-0.1, -0.05) is 16.8 Å². The maximum Gasteiger partial charge on any atom is 0.238 e. The number of amides is 1. The molecule has 0 fully saturated rings. The minimum absolute atomic E-state index is 0.0598. The predicted molar refractivity (Wildman–Crippen MR) is 70.8 cm³/mol. The van der Waals surface area contributed by atoms with Gasteiger partial charge in [-0.2, -0.15) is 0 Å². The number of hydrogen-bond donors (Lipinski definition) is 0. The summed E-state index contributed by atoms with van der Waals surface area (Å²) in [5.41, 5.74) is 1.67. The number of carbonyl (C=O) groups excluding carboxylic acids is 1. The third-order valence-electron chi connectivity index (χ3n) is 2.31. The molecule has 0 aliphatic carbocycles. The van der Waals surface area contributed by atoms with Crippen molar-refractivity contribution in [1.82, 2.24) is 10.1 Å². The fourth-order valence-electron chi connectivity index (χ4n) is 1.48. The van der Waals surface area contributed by atoms with Crippen LogP contribution in [0.15, 0.2) is 28.3 Å². The molecule has 0 unspecified atom stereocenters. The number of aromatic nitrogens is 1. The SMILES string of the molecule is O=C(CCl)N(Cc1csc(Cl)c1)Cc1ccon1. The molecule has 0 saturated heterocycles. The van der Waals surface area contributed by atoms with E-state index in [2.05, 4.69) is 5.16 Å². The average Bonchev–Trinajstić information content (AvgIpc) is 2.99. The van der Waals surface area contributed by atoms with E-state index in [0.29, 0.717) is 23.1 Å². The van der Waals surface area contributed by atoms with E-state index in [0.717, 1.165) is 5.56 Å². The molecular formula is C11H10Cl2N2O2S. The van der Waals surface area contributed by atoms with E-state index < -0.39 is 0 Å². The molecule has 1 amide bonds. The summed E-state index contributed by atoms with van der Waals surface area (Å²) in [6.45, 7) is 0.831. The molecule has 0 aliphatic rings. The van der Waals surface area contributed by atoms with Gasteiger partial charge in [0.15, 0.2) is 0 Å². The first-order chi connectivity index (χ1) is 8.69. The maximum atomic E-state index is 11.8. The molecule has 2 heterocycles. The highest BCUT2D eigenvalue weighted by atomic mass is 35.5. The Kier molecular flexibility index (Phi) is 4.63. The van der Waals surface area contributed by atoms with E-state index in [9.17, 15) is 4.79 Å². The highest BCUT2D eigenvalue weighted by Gasteiger charge is 2.15. The zero-order chi connectivity index (χ0) is 13.0. The first kappa shape index (κ1) is 13.4. The minimum Gasteiger partial charge on any atom is -0.364 e. The van der Waals surface area contributed by atoms with Crippen molar-refractivity contribution in [1.29, 1.82) is 0 Å². The van der Waals surface area contributed by atoms with Crippen LogP contribution < -0.4 is 0 Å². The second kappa shape index (κ2) is 6.22. The Hall–Kier alpha value is -1.04. The first-order valence-electron chi connectivity index (χ1n) is 5.15. The number of alkyl halides is 1. The van der Waals surface area contributed by atoms with Crippen LogP contribution in [0.5, 0.6) is 0 Å². The van der Waals surface area contributed by atoms with Crippen LogP contribution in [0.25, 0.3) is 0 Å². The zero-order valence-corrected chi connectivity index (χ0v) is 11.6. The summed E-state index contributed by atoms with van der Waals surface area (Å²) in [5, 5.41) is 5.70. The number of thiophene rings is 1. The summed E-state index contributed by atoms with van der Waals surface area (Å²) in [7, 11) is 0. The fraction of sp³-hybridized carbons (Fsp3) is 0.273. The summed E-state index contributed by atoms with van der Waals surface area (Å²) < 4.78 is 5.44. The monoisotopic (exact) mass is 304 g/mol. The lowest BCUT2D eigenvalue weighted by Gasteiger charge is -2.19. The Morgan fingerprint density at radius 1 is 1.50 bits per heavy atom. The minimum atomic E-state index is -0.151. The van der Waals surface area contributed by atoms with Crippen molar-refractivity contribution in [3.8, 4) is 0 Å². The van der Waals surface area contributed by atoms with Gasteiger partial charge in [0, 0.05) is 12.6 Å². The van der Waals surface area contributed by atoms with Crippen LogP contribution in [0.3, 0.4) is 0 Å². The zero-order valence-electron chi connectivity index (χ0n) is 9.31. The van der Waals surface area contributed by atoms with E-state index in [1.807, 2.05) is 11.4 Å². The molecule has 2 rings (SSSR count). The van der Waals surface area contributed by atoms with Gasteiger partial charge in [-0.25, -0.2) is 0 Å². The van der Waals surface area contributed by atoms with E-state index in [-0.39, 0.29) is 11.8 Å². The molecule has 0 N–H and O–H groups in total. The molecule has 0 aliphatic heterocycles. The van der Waals surface area contributed by atoms with Gasteiger partial charge < -0.3 is 9.42 Å². The molecule has 0 bridgehead atoms. The van der Waals surface area contributed by atoms with Crippen molar-refractivity contribution in [2.45, 2.75) is 13.1 Å². The third kappa shape index (κ3) is 3.48. The van der Waals surface area contributed by atoms with Crippen LogP contribution in [0.2, 0.25) is 4.34 Å². The summed E-state index contributed by atoms with van der Waals surface area (Å²) in [6.07, 6.45) is 1.47. The molecule has 0 aromatic carbocycles. The van der Waals surface area contributed by atoms with E-state index in [1.165, 1.54) is 17.6 Å². The normalized spacial score (nSPS) is 10.6. The molecule has 0 radical (unpaired) electrons. The van der Waals surface area contributed by atoms with E-state index >= 15 is 0 Å². The van der Waals surface area contributed by atoms with Crippen molar-refractivity contribution >= 4 is 40.4 Å². The molecule has 7 heteroatoms. The van der Waals surface area contributed by atoms with Crippen LogP contribution in [-0.2, 0) is 17.9 Å². The van der Waals surface area contributed by atoms with Gasteiger partial charge in [-0.3, -0.25) is 4.79 Å². The number of nitrogens with zero attached hydrogens (tertiary/aromatic N) is 2. The molecule has 2 aromatic rings. The molecule has 2 aromatic heterocycles. The smallest absolute Gasteiger partial charge is 0.238 e. The highest BCUT2D eigenvalue weighted by Crippen LogP contribution is 2.21. The maximum absolute atomic E-state index is 11.8. The number of hydrogen-bond acceptors (Lipinski definition) is 4. The average molecular weight is 305 g/mol. The van der Waals surface area contributed by atoms with Gasteiger partial charge in [0.1, 0.15) is 17.8 Å². The Labute approximate surface area is 118 Å². The quantitative estimate of drug-likeness (QED) is 0.797. The second-order valence-corrected chi connectivity index (χ2v) is 5.44. The van der Waals surface area contributed by atoms with Crippen molar-refractivity contribution in [2.24, 2.45) is 0 Å². The number of rotatable bonds is 5. The largest absolute Gasteiger partial charge is 0.364 e. The number of halogens is 2. The van der Waals surface area contributed by atoms with Gasteiger partial charge in [0.2, 0.25) is 5.91 Å². The fourth-order valence-corrected chi connectivity index (χ4v) is 2.55. The summed E-state index contributed by atoms with van der Waals surface area (Å²) >= 11 is 12.9. The highest BCUT2D eigenvalue weighted by molar-refractivity contribution is 7.14. The lowest BCUT2D eigenvalue weighted by atomic mass is 10.3. The predicted octanol–water partition coefficient (Wildman–Crippen LogP) is 3.16. The molecule has 96 valence electrons. The Balaban J connectivity index is 2.07. The standard InChI is InChI=1S/C11H10Cl2N2O2S/c12-4-11(16)15(6-9-1-2-17-14-9)5-8-3-10(13)18-7-8/h1-3,7H,4-6H2. The van der Waals surface area contributed by atoms with Gasteiger partial charge >= 0.3 is 0 Å². The number of carbonyl (C=O) groups is 1. The van der Waals surface area contributed by atoms with Crippen LogP contribution in [0.4, 0.5) is 0 Å². The Bertz CT molecular complexity index is 513. The summed E-state index contributed by atoms with van der Waals surface area (Å²) in [5.74, 6) is -0.211. The summed E-state index contributed by atoms with van der Waals surface area (Å²) in [6, 6.07) is 3.55. The Morgan fingerprint density at radius 3 is 2.89 bits per heavy atom. The molecule has 18 heavy (non-hydrogen) atoms. The molecule has 0 saturated carbocycles. The molecule has 4 nitrogen and oxygen atoms in total. The van der Waals surface area contributed by atoms with E-state index in [4.69, 9.17) is 27.7 Å². The van der Waals surface area contributed by atoms with Crippen LogP contribution >= 0.6 is 34.5 Å². The van der Waals surface area contributed by atoms with Crippen LogP contribution in [-0.4, -0.2) is 21.8 Å². The molecular weight excluding hydrogens is 295 g/mol. The van der Waals surface area contributed by atoms with Crippen molar-refractivity contribution in [2.75, 3.05) is 5.88 Å². The van der Waals surface area contributed by atoms with Crippen LogP contribution in [0.1, 0.15) is 11.3 Å².